The van der Waals surface area contributed by atoms with Crippen molar-refractivity contribution in [1.82, 2.24) is 5.32 Å². The molecule has 4 heteroatoms. The predicted molar refractivity (Wildman–Crippen MR) is 61.7 cm³/mol. The van der Waals surface area contributed by atoms with Gasteiger partial charge in [-0.05, 0) is 30.7 Å². The van der Waals surface area contributed by atoms with E-state index >= 15 is 0 Å². The van der Waals surface area contributed by atoms with Crippen LogP contribution in [0.1, 0.15) is 5.56 Å². The lowest BCUT2D eigenvalue weighted by molar-refractivity contribution is 0.293. The Labute approximate surface area is 95.0 Å². The first-order chi connectivity index (χ1) is 7.27. The van der Waals surface area contributed by atoms with Crippen molar-refractivity contribution < 1.29 is 9.84 Å². The maximum Gasteiger partial charge on any atom is 0.120 e. The van der Waals surface area contributed by atoms with Crippen molar-refractivity contribution in [2.75, 3.05) is 26.8 Å². The molecule has 0 amide bonds. The Bertz CT molecular complexity index is 305. The summed E-state index contributed by atoms with van der Waals surface area (Å²) in [4.78, 5) is 0. The number of rotatable bonds is 6. The maximum absolute atomic E-state index is 8.58. The summed E-state index contributed by atoms with van der Waals surface area (Å²) < 4.78 is 5.06. The zero-order valence-corrected chi connectivity index (χ0v) is 9.55. The molecule has 2 N–H and O–H groups in total. The van der Waals surface area contributed by atoms with Gasteiger partial charge in [0, 0.05) is 11.6 Å². The molecule has 1 aromatic rings. The predicted octanol–water partition coefficient (Wildman–Crippen LogP) is 1.47. The van der Waals surface area contributed by atoms with Gasteiger partial charge in [-0.3, -0.25) is 0 Å². The van der Waals surface area contributed by atoms with Crippen LogP contribution in [0, 0.1) is 0 Å². The molecule has 0 aliphatic carbocycles. The Morgan fingerprint density at radius 2 is 2.20 bits per heavy atom. The standard InChI is InChI=1S/C11H16ClNO2/c1-15-10-3-2-9(11(12)8-10)4-5-13-6-7-14/h2-3,8,13-14H,4-7H2,1H3. The Morgan fingerprint density at radius 3 is 2.80 bits per heavy atom. The minimum atomic E-state index is 0.163. The number of nitrogens with one attached hydrogen (secondary N) is 1. The summed E-state index contributed by atoms with van der Waals surface area (Å²) in [5, 5.41) is 12.4. The number of hydrogen-bond acceptors (Lipinski definition) is 3. The van der Waals surface area contributed by atoms with Gasteiger partial charge in [0.15, 0.2) is 0 Å². The fraction of sp³-hybridized carbons (Fsp3) is 0.455. The number of methoxy groups -OCH3 is 1. The molecule has 0 atom stereocenters. The minimum absolute atomic E-state index is 0.163. The van der Waals surface area contributed by atoms with Gasteiger partial charge in [0.25, 0.3) is 0 Å². The third kappa shape index (κ3) is 4.08. The second kappa shape index (κ2) is 6.67. The molecule has 0 aliphatic rings. The van der Waals surface area contributed by atoms with Crippen LogP contribution < -0.4 is 10.1 Å². The van der Waals surface area contributed by atoms with Crippen LogP contribution in [0.2, 0.25) is 5.02 Å². The van der Waals surface area contributed by atoms with Gasteiger partial charge < -0.3 is 15.2 Å². The van der Waals surface area contributed by atoms with Crippen molar-refractivity contribution in [3.05, 3.63) is 28.8 Å². The molecule has 1 aromatic carbocycles. The summed E-state index contributed by atoms with van der Waals surface area (Å²) in [5.41, 5.74) is 1.09. The SMILES string of the molecule is COc1ccc(CCNCCO)c(Cl)c1. The third-order valence-electron chi connectivity index (χ3n) is 2.12. The monoisotopic (exact) mass is 229 g/mol. The maximum atomic E-state index is 8.58. The lowest BCUT2D eigenvalue weighted by Crippen LogP contribution is -2.20. The molecule has 0 saturated carbocycles. The first kappa shape index (κ1) is 12.3. The Kier molecular flexibility index (Phi) is 5.47. The molecule has 0 spiro atoms. The molecular weight excluding hydrogens is 214 g/mol. The van der Waals surface area contributed by atoms with Crippen molar-refractivity contribution >= 4 is 11.6 Å². The van der Waals surface area contributed by atoms with Crippen LogP contribution in [0.3, 0.4) is 0 Å². The van der Waals surface area contributed by atoms with E-state index in [1.54, 1.807) is 7.11 Å². The van der Waals surface area contributed by atoms with Crippen LogP contribution in [0.25, 0.3) is 0 Å². The van der Waals surface area contributed by atoms with Crippen LogP contribution in [0.15, 0.2) is 18.2 Å². The summed E-state index contributed by atoms with van der Waals surface area (Å²) in [6.45, 7) is 1.59. The van der Waals surface area contributed by atoms with Gasteiger partial charge in [-0.2, -0.15) is 0 Å². The summed E-state index contributed by atoms with van der Waals surface area (Å²) in [6, 6.07) is 5.66. The van der Waals surface area contributed by atoms with E-state index in [9.17, 15) is 0 Å². The van der Waals surface area contributed by atoms with Crippen molar-refractivity contribution in [2.24, 2.45) is 0 Å². The molecule has 15 heavy (non-hydrogen) atoms. The second-order valence-corrected chi connectivity index (χ2v) is 3.59. The molecular formula is C11H16ClNO2. The smallest absolute Gasteiger partial charge is 0.120 e. The zero-order chi connectivity index (χ0) is 11.1. The third-order valence-corrected chi connectivity index (χ3v) is 2.47. The number of benzene rings is 1. The van der Waals surface area contributed by atoms with Crippen molar-refractivity contribution in [3.63, 3.8) is 0 Å². The van der Waals surface area contributed by atoms with Crippen LogP contribution >= 0.6 is 11.6 Å². The Morgan fingerprint density at radius 1 is 1.40 bits per heavy atom. The number of ether oxygens (including phenoxy) is 1. The van der Waals surface area contributed by atoms with Crippen LogP contribution in [-0.4, -0.2) is 31.9 Å². The topological polar surface area (TPSA) is 41.5 Å². The van der Waals surface area contributed by atoms with E-state index in [4.69, 9.17) is 21.4 Å². The first-order valence-corrected chi connectivity index (χ1v) is 5.29. The van der Waals surface area contributed by atoms with Gasteiger partial charge >= 0.3 is 0 Å². The number of aliphatic hydroxyl groups excluding tert-OH is 1. The molecule has 3 nitrogen and oxygen atoms in total. The molecule has 84 valence electrons. The largest absolute Gasteiger partial charge is 0.497 e. The summed E-state index contributed by atoms with van der Waals surface area (Å²) in [7, 11) is 1.62. The van der Waals surface area contributed by atoms with Gasteiger partial charge in [-0.1, -0.05) is 17.7 Å². The molecule has 0 bridgehead atoms. The van der Waals surface area contributed by atoms with Crippen molar-refractivity contribution in [3.8, 4) is 5.75 Å². The van der Waals surface area contributed by atoms with Crippen molar-refractivity contribution in [2.45, 2.75) is 6.42 Å². The lowest BCUT2D eigenvalue weighted by Gasteiger charge is -2.07. The average Bonchev–Trinajstić information content (AvgIpc) is 2.26. The van der Waals surface area contributed by atoms with Gasteiger partial charge in [0.05, 0.1) is 13.7 Å². The van der Waals surface area contributed by atoms with Gasteiger partial charge in [-0.25, -0.2) is 0 Å². The zero-order valence-electron chi connectivity index (χ0n) is 8.79. The first-order valence-electron chi connectivity index (χ1n) is 4.92. The van der Waals surface area contributed by atoms with Crippen LogP contribution in [-0.2, 0) is 6.42 Å². The molecule has 0 unspecified atom stereocenters. The van der Waals surface area contributed by atoms with E-state index < -0.39 is 0 Å². The molecule has 0 saturated heterocycles. The fourth-order valence-corrected chi connectivity index (χ4v) is 1.55. The van der Waals surface area contributed by atoms with E-state index in [0.717, 1.165) is 29.3 Å². The van der Waals surface area contributed by atoms with Crippen LogP contribution in [0.5, 0.6) is 5.75 Å². The molecule has 0 aliphatic heterocycles. The highest BCUT2D eigenvalue weighted by Gasteiger charge is 2.01. The summed E-state index contributed by atoms with van der Waals surface area (Å²) in [6.07, 6.45) is 0.850. The van der Waals surface area contributed by atoms with E-state index in [-0.39, 0.29) is 6.61 Å². The number of aliphatic hydroxyl groups is 1. The second-order valence-electron chi connectivity index (χ2n) is 3.18. The number of hydrogen-bond donors (Lipinski definition) is 2. The van der Waals surface area contributed by atoms with E-state index in [2.05, 4.69) is 5.32 Å². The molecule has 0 fully saturated rings. The Balaban J connectivity index is 2.47. The molecule has 0 aromatic heterocycles. The number of halogens is 1. The van der Waals surface area contributed by atoms with Gasteiger partial charge in [0.1, 0.15) is 5.75 Å². The molecule has 0 heterocycles. The highest BCUT2D eigenvalue weighted by Crippen LogP contribution is 2.22. The average molecular weight is 230 g/mol. The summed E-state index contributed by atoms with van der Waals surface area (Å²) >= 11 is 6.06. The van der Waals surface area contributed by atoms with Gasteiger partial charge in [0.2, 0.25) is 0 Å². The van der Waals surface area contributed by atoms with E-state index in [1.165, 1.54) is 0 Å². The molecule has 1 rings (SSSR count). The quantitative estimate of drug-likeness (QED) is 0.726. The van der Waals surface area contributed by atoms with Crippen molar-refractivity contribution in [1.29, 1.82) is 0 Å². The highest BCUT2D eigenvalue weighted by molar-refractivity contribution is 6.31. The normalized spacial score (nSPS) is 10.3. The van der Waals surface area contributed by atoms with Gasteiger partial charge in [-0.15, -0.1) is 0 Å². The lowest BCUT2D eigenvalue weighted by atomic mass is 10.1. The van der Waals surface area contributed by atoms with E-state index in [1.807, 2.05) is 18.2 Å². The van der Waals surface area contributed by atoms with Crippen LogP contribution in [0.4, 0.5) is 0 Å². The van der Waals surface area contributed by atoms with E-state index in [0.29, 0.717) is 6.54 Å². The minimum Gasteiger partial charge on any atom is -0.497 e. The Hall–Kier alpha value is -0.770. The fourth-order valence-electron chi connectivity index (χ4n) is 1.28. The summed E-state index contributed by atoms with van der Waals surface area (Å²) in [5.74, 6) is 0.770. The highest BCUT2D eigenvalue weighted by atomic mass is 35.5. The molecule has 0 radical (unpaired) electrons.